The normalized spacial score (nSPS) is 26.1. The van der Waals surface area contributed by atoms with Crippen LogP contribution in [0.4, 0.5) is 0 Å². The maximum Gasteiger partial charge on any atom is 0.326 e. The smallest absolute Gasteiger partial charge is 0.326 e. The summed E-state index contributed by atoms with van der Waals surface area (Å²) in [5, 5.41) is 11.0. The molecule has 0 radical (unpaired) electrons. The number of halogens is 1. The Bertz CT molecular complexity index is 843. The van der Waals surface area contributed by atoms with Gasteiger partial charge in [-0.25, -0.2) is 4.79 Å². The topological polar surface area (TPSA) is 70.8 Å². The average Bonchev–Trinajstić information content (AvgIpc) is 3.19. The number of likely N-dealkylation sites (tertiary alicyclic amines) is 1. The molecule has 0 spiro atoms. The van der Waals surface area contributed by atoms with Crippen molar-refractivity contribution in [2.75, 3.05) is 6.54 Å². The Morgan fingerprint density at radius 2 is 2.12 bits per heavy atom. The third-order valence-corrected chi connectivity index (χ3v) is 5.73. The van der Waals surface area contributed by atoms with Crippen LogP contribution in [0.1, 0.15) is 35.4 Å². The molecule has 24 heavy (non-hydrogen) atoms. The molecule has 1 N–H and O–H groups in total. The number of aliphatic carboxylic acids is 1. The number of carbonyl (C=O) groups excluding carboxylic acids is 1. The van der Waals surface area contributed by atoms with E-state index >= 15 is 0 Å². The van der Waals surface area contributed by atoms with E-state index in [1.54, 1.807) is 18.2 Å². The molecular weight excluding hydrogens is 330 g/mol. The number of rotatable bonds is 2. The zero-order chi connectivity index (χ0) is 17.0. The number of nitrogens with zero attached hydrogens (tertiary/aromatic N) is 1. The van der Waals surface area contributed by atoms with Gasteiger partial charge in [0.05, 0.1) is 0 Å². The van der Waals surface area contributed by atoms with E-state index in [4.69, 9.17) is 16.0 Å². The van der Waals surface area contributed by atoms with Gasteiger partial charge in [0.2, 0.25) is 0 Å². The molecule has 1 aromatic carbocycles. The molecule has 126 valence electrons. The van der Waals surface area contributed by atoms with Crippen LogP contribution in [0.25, 0.3) is 11.0 Å². The van der Waals surface area contributed by atoms with Gasteiger partial charge in [0, 0.05) is 22.5 Å². The molecule has 1 aliphatic carbocycles. The summed E-state index contributed by atoms with van der Waals surface area (Å²) in [6, 6.07) is 4.46. The quantitative estimate of drug-likeness (QED) is 0.898. The largest absolute Gasteiger partial charge is 0.480 e. The highest BCUT2D eigenvalue weighted by atomic mass is 35.5. The lowest BCUT2D eigenvalue weighted by molar-refractivity contribution is -0.142. The molecule has 6 heteroatoms. The van der Waals surface area contributed by atoms with Gasteiger partial charge in [-0.1, -0.05) is 18.0 Å². The first-order valence-electron chi connectivity index (χ1n) is 8.20. The van der Waals surface area contributed by atoms with Crippen LogP contribution in [-0.4, -0.2) is 34.5 Å². The lowest BCUT2D eigenvalue weighted by Crippen LogP contribution is -2.43. The highest BCUT2D eigenvalue weighted by Crippen LogP contribution is 2.43. The number of benzene rings is 1. The minimum Gasteiger partial charge on any atom is -0.480 e. The summed E-state index contributed by atoms with van der Waals surface area (Å²) in [7, 11) is 0. The van der Waals surface area contributed by atoms with E-state index in [2.05, 4.69) is 0 Å². The van der Waals surface area contributed by atoms with E-state index in [-0.39, 0.29) is 23.5 Å². The molecule has 1 saturated carbocycles. The highest BCUT2D eigenvalue weighted by Gasteiger charge is 2.50. The Labute approximate surface area is 144 Å². The molecular formula is C18H18ClNO4. The number of carboxylic acids is 1. The standard InChI is InChI=1S/C18H18ClNO4/c1-9-13-7-11(19)5-6-14(13)24-16(9)17(21)20-8-10-3-2-4-12(10)15(20)18(22)23/h5-7,10,12,15H,2-4,8H2,1H3,(H,22,23). The zero-order valence-electron chi connectivity index (χ0n) is 13.3. The third-order valence-electron chi connectivity index (χ3n) is 5.50. The van der Waals surface area contributed by atoms with E-state index in [0.29, 0.717) is 22.7 Å². The van der Waals surface area contributed by atoms with Gasteiger partial charge in [0.1, 0.15) is 11.6 Å². The maximum atomic E-state index is 13.0. The van der Waals surface area contributed by atoms with Crippen molar-refractivity contribution in [1.82, 2.24) is 4.90 Å². The number of furan rings is 1. The second-order valence-corrected chi connectivity index (χ2v) is 7.23. The minimum atomic E-state index is -0.922. The fraction of sp³-hybridized carbons (Fsp3) is 0.444. The lowest BCUT2D eigenvalue weighted by atomic mass is 9.94. The third kappa shape index (κ3) is 2.22. The van der Waals surface area contributed by atoms with Crippen LogP contribution >= 0.6 is 11.6 Å². The van der Waals surface area contributed by atoms with Gasteiger partial charge in [-0.3, -0.25) is 4.79 Å². The number of hydrogen-bond acceptors (Lipinski definition) is 3. The van der Waals surface area contributed by atoms with Crippen LogP contribution in [-0.2, 0) is 4.79 Å². The van der Waals surface area contributed by atoms with Gasteiger partial charge in [-0.15, -0.1) is 0 Å². The van der Waals surface area contributed by atoms with Gasteiger partial charge in [0.25, 0.3) is 5.91 Å². The number of fused-ring (bicyclic) bond motifs is 2. The first-order valence-corrected chi connectivity index (χ1v) is 8.57. The Morgan fingerprint density at radius 3 is 2.88 bits per heavy atom. The summed E-state index contributed by atoms with van der Waals surface area (Å²) >= 11 is 6.02. The van der Waals surface area contributed by atoms with Gasteiger partial charge in [0.15, 0.2) is 5.76 Å². The van der Waals surface area contributed by atoms with Gasteiger partial charge >= 0.3 is 5.97 Å². The molecule has 1 aromatic heterocycles. The van der Waals surface area contributed by atoms with E-state index in [9.17, 15) is 14.7 Å². The van der Waals surface area contributed by atoms with Crippen LogP contribution in [0.3, 0.4) is 0 Å². The summed E-state index contributed by atoms with van der Waals surface area (Å²) in [6.07, 6.45) is 2.91. The summed E-state index contributed by atoms with van der Waals surface area (Å²) in [4.78, 5) is 26.2. The fourth-order valence-electron chi connectivity index (χ4n) is 4.36. The molecule has 4 rings (SSSR count). The molecule has 1 saturated heterocycles. The molecule has 2 fully saturated rings. The number of carboxylic acid groups (broad SMARTS) is 1. The Morgan fingerprint density at radius 1 is 1.33 bits per heavy atom. The molecule has 3 atom stereocenters. The molecule has 2 aliphatic rings. The van der Waals surface area contributed by atoms with Crippen molar-refractivity contribution in [3.05, 3.63) is 34.5 Å². The van der Waals surface area contributed by atoms with Crippen molar-refractivity contribution in [2.24, 2.45) is 11.8 Å². The molecule has 1 amide bonds. The summed E-state index contributed by atoms with van der Waals surface area (Å²) < 4.78 is 5.74. The van der Waals surface area contributed by atoms with Gasteiger partial charge in [-0.2, -0.15) is 0 Å². The van der Waals surface area contributed by atoms with Crippen molar-refractivity contribution < 1.29 is 19.1 Å². The van der Waals surface area contributed by atoms with Crippen LogP contribution in [0.15, 0.2) is 22.6 Å². The minimum absolute atomic E-state index is 0.0607. The number of aryl methyl sites for hydroxylation is 1. The summed E-state index contributed by atoms with van der Waals surface area (Å²) in [5.74, 6) is -0.686. The van der Waals surface area contributed by atoms with Crippen molar-refractivity contribution in [2.45, 2.75) is 32.2 Å². The highest BCUT2D eigenvalue weighted by molar-refractivity contribution is 6.31. The summed E-state index contributed by atoms with van der Waals surface area (Å²) in [5.41, 5.74) is 1.30. The first-order chi connectivity index (χ1) is 11.5. The van der Waals surface area contributed by atoms with Crippen molar-refractivity contribution in [3.63, 3.8) is 0 Å². The van der Waals surface area contributed by atoms with Gasteiger partial charge < -0.3 is 14.4 Å². The second-order valence-electron chi connectivity index (χ2n) is 6.79. The van der Waals surface area contributed by atoms with Crippen LogP contribution in [0.5, 0.6) is 0 Å². The molecule has 5 nitrogen and oxygen atoms in total. The van der Waals surface area contributed by atoms with E-state index < -0.39 is 12.0 Å². The van der Waals surface area contributed by atoms with E-state index in [1.165, 1.54) is 4.90 Å². The lowest BCUT2D eigenvalue weighted by Gasteiger charge is -2.23. The SMILES string of the molecule is Cc1c(C(=O)N2CC3CCCC3C2C(=O)O)oc2ccc(Cl)cc12. The number of amides is 1. The van der Waals surface area contributed by atoms with Crippen molar-refractivity contribution in [3.8, 4) is 0 Å². The van der Waals surface area contributed by atoms with Gasteiger partial charge in [-0.05, 0) is 49.8 Å². The van der Waals surface area contributed by atoms with E-state index in [1.807, 2.05) is 6.92 Å². The van der Waals surface area contributed by atoms with Crippen molar-refractivity contribution in [1.29, 1.82) is 0 Å². The summed E-state index contributed by atoms with van der Waals surface area (Å²) in [6.45, 7) is 2.31. The van der Waals surface area contributed by atoms with Crippen LogP contribution in [0.2, 0.25) is 5.02 Å². The Hall–Kier alpha value is -2.01. The average molecular weight is 348 g/mol. The fourth-order valence-corrected chi connectivity index (χ4v) is 4.53. The Balaban J connectivity index is 1.73. The van der Waals surface area contributed by atoms with Crippen LogP contribution < -0.4 is 0 Å². The molecule has 3 unspecified atom stereocenters. The van der Waals surface area contributed by atoms with Crippen molar-refractivity contribution >= 4 is 34.4 Å². The molecule has 1 aliphatic heterocycles. The molecule has 0 bridgehead atoms. The van der Waals surface area contributed by atoms with E-state index in [0.717, 1.165) is 24.6 Å². The number of carbonyl (C=O) groups is 2. The Kier molecular flexibility index (Phi) is 3.57. The first kappa shape index (κ1) is 15.5. The van der Waals surface area contributed by atoms with Crippen LogP contribution in [0, 0.1) is 18.8 Å². The second kappa shape index (κ2) is 5.52. The monoisotopic (exact) mass is 347 g/mol. The number of hydrogen-bond donors (Lipinski definition) is 1. The maximum absolute atomic E-state index is 13.0. The predicted octanol–water partition coefficient (Wildman–Crippen LogP) is 3.72. The molecule has 2 aromatic rings. The zero-order valence-corrected chi connectivity index (χ0v) is 14.0. The predicted molar refractivity (Wildman–Crippen MR) is 89.3 cm³/mol. The molecule has 2 heterocycles.